The molecule has 1 rings (SSSR count). The number of phenols is 1. The molecule has 0 aliphatic heterocycles. The van der Waals surface area contributed by atoms with Crippen LogP contribution in [0.5, 0.6) is 5.75 Å². The summed E-state index contributed by atoms with van der Waals surface area (Å²) in [4.78, 5) is 10.6. The summed E-state index contributed by atoms with van der Waals surface area (Å²) in [6.45, 7) is 2.42. The van der Waals surface area contributed by atoms with E-state index in [4.69, 9.17) is 14.9 Å². The summed E-state index contributed by atoms with van der Waals surface area (Å²) < 4.78 is 0. The molecule has 1 aromatic rings. The van der Waals surface area contributed by atoms with Gasteiger partial charge in [0.05, 0.1) is 6.61 Å². The Morgan fingerprint density at radius 3 is 2.54 bits per heavy atom. The first-order chi connectivity index (χ1) is 6.33. The molecule has 3 nitrogen and oxygen atoms in total. The van der Waals surface area contributed by atoms with Gasteiger partial charge in [-0.3, -0.25) is 0 Å². The van der Waals surface area contributed by atoms with Crippen LogP contribution in [-0.4, -0.2) is 17.7 Å². The second-order valence-corrected chi connectivity index (χ2v) is 3.28. The van der Waals surface area contributed by atoms with Crippen LogP contribution in [0.4, 0.5) is 0 Å². The van der Waals surface area contributed by atoms with Crippen molar-refractivity contribution in [3.05, 3.63) is 24.3 Å². The van der Waals surface area contributed by atoms with Gasteiger partial charge < -0.3 is 5.11 Å². The highest BCUT2D eigenvalue weighted by molar-refractivity contribution is 7.99. The van der Waals surface area contributed by atoms with Gasteiger partial charge in [-0.1, -0.05) is 11.8 Å². The zero-order chi connectivity index (χ0) is 9.52. The molecule has 0 heterocycles. The summed E-state index contributed by atoms with van der Waals surface area (Å²) in [7, 11) is 0. The van der Waals surface area contributed by atoms with Crippen LogP contribution in [0.15, 0.2) is 29.2 Å². The van der Waals surface area contributed by atoms with Crippen molar-refractivity contribution in [1.29, 1.82) is 0 Å². The number of hydrogen-bond donors (Lipinski definition) is 1. The lowest BCUT2D eigenvalue weighted by atomic mass is 10.3. The summed E-state index contributed by atoms with van der Waals surface area (Å²) >= 11 is 1.51. The van der Waals surface area contributed by atoms with Crippen molar-refractivity contribution < 1.29 is 14.9 Å². The summed E-state index contributed by atoms with van der Waals surface area (Å²) in [5.74, 6) is 0.730. The minimum Gasteiger partial charge on any atom is -0.508 e. The van der Waals surface area contributed by atoms with Crippen LogP contribution in [-0.2, 0) is 9.78 Å². The molecule has 0 bridgehead atoms. The standard InChI is InChI=1S/C9H12O3S/c1-2-11-12-7-13-9-5-3-8(10)4-6-9/h3-6,10H,2,7H2,1H3. The zero-order valence-electron chi connectivity index (χ0n) is 7.40. The average Bonchev–Trinajstić information content (AvgIpc) is 2.15. The van der Waals surface area contributed by atoms with Crippen LogP contribution < -0.4 is 0 Å². The van der Waals surface area contributed by atoms with E-state index < -0.39 is 0 Å². The first-order valence-corrected chi connectivity index (χ1v) is 4.97. The molecule has 1 N–H and O–H groups in total. The maximum absolute atomic E-state index is 9.00. The monoisotopic (exact) mass is 200 g/mol. The van der Waals surface area contributed by atoms with E-state index in [-0.39, 0.29) is 5.75 Å². The Morgan fingerprint density at radius 2 is 1.92 bits per heavy atom. The highest BCUT2D eigenvalue weighted by Gasteiger charge is 1.94. The number of hydrogen-bond acceptors (Lipinski definition) is 4. The third-order valence-corrected chi connectivity index (χ3v) is 2.13. The summed E-state index contributed by atoms with van der Waals surface area (Å²) in [5, 5.41) is 9.00. The summed E-state index contributed by atoms with van der Waals surface area (Å²) in [6.07, 6.45) is 0. The van der Waals surface area contributed by atoms with Gasteiger partial charge in [-0.2, -0.15) is 0 Å². The molecule has 0 aromatic heterocycles. The van der Waals surface area contributed by atoms with E-state index in [1.165, 1.54) is 11.8 Å². The minimum atomic E-state index is 0.273. The van der Waals surface area contributed by atoms with Gasteiger partial charge in [0.25, 0.3) is 0 Å². The molecule has 4 heteroatoms. The lowest BCUT2D eigenvalue weighted by molar-refractivity contribution is -0.275. The quantitative estimate of drug-likeness (QED) is 0.260. The Bertz CT molecular complexity index is 235. The van der Waals surface area contributed by atoms with Gasteiger partial charge in [0.15, 0.2) is 0 Å². The molecule has 0 saturated heterocycles. The van der Waals surface area contributed by atoms with Crippen LogP contribution >= 0.6 is 11.8 Å². The molecule has 0 fully saturated rings. The lowest BCUT2D eigenvalue weighted by Crippen LogP contribution is -1.91. The predicted octanol–water partition coefficient (Wildman–Crippen LogP) is 2.41. The van der Waals surface area contributed by atoms with Crippen LogP contribution in [0.3, 0.4) is 0 Å². The molecule has 0 unspecified atom stereocenters. The van der Waals surface area contributed by atoms with Crippen LogP contribution in [0.25, 0.3) is 0 Å². The van der Waals surface area contributed by atoms with E-state index >= 15 is 0 Å². The Labute approximate surface area is 81.6 Å². The third-order valence-electron chi connectivity index (χ3n) is 1.31. The fourth-order valence-corrected chi connectivity index (χ4v) is 1.33. The van der Waals surface area contributed by atoms with Crippen molar-refractivity contribution in [3.63, 3.8) is 0 Å². The Morgan fingerprint density at radius 1 is 1.23 bits per heavy atom. The zero-order valence-corrected chi connectivity index (χ0v) is 8.21. The maximum atomic E-state index is 9.00. The first-order valence-electron chi connectivity index (χ1n) is 3.99. The van der Waals surface area contributed by atoms with Crippen molar-refractivity contribution >= 4 is 11.8 Å². The van der Waals surface area contributed by atoms with Crippen LogP contribution in [0, 0.1) is 0 Å². The molecular weight excluding hydrogens is 188 g/mol. The second kappa shape index (κ2) is 5.85. The fourth-order valence-electron chi connectivity index (χ4n) is 0.752. The maximum Gasteiger partial charge on any atom is 0.132 e. The van der Waals surface area contributed by atoms with Crippen molar-refractivity contribution in [2.45, 2.75) is 11.8 Å². The summed E-state index contributed by atoms with van der Waals surface area (Å²) in [5.41, 5.74) is 0. The van der Waals surface area contributed by atoms with E-state index in [1.54, 1.807) is 12.1 Å². The van der Waals surface area contributed by atoms with E-state index in [2.05, 4.69) is 0 Å². The van der Waals surface area contributed by atoms with Crippen LogP contribution in [0.2, 0.25) is 0 Å². The Hall–Kier alpha value is -0.710. The molecular formula is C9H12O3S. The van der Waals surface area contributed by atoms with Crippen molar-refractivity contribution in [2.24, 2.45) is 0 Å². The molecule has 13 heavy (non-hydrogen) atoms. The van der Waals surface area contributed by atoms with E-state index in [0.29, 0.717) is 12.5 Å². The molecule has 72 valence electrons. The number of aromatic hydroxyl groups is 1. The number of thioether (sulfide) groups is 1. The molecule has 0 aliphatic rings. The third kappa shape index (κ3) is 4.17. The Kier molecular flexibility index (Phi) is 4.67. The van der Waals surface area contributed by atoms with Crippen molar-refractivity contribution in [2.75, 3.05) is 12.5 Å². The first kappa shape index (κ1) is 10.4. The second-order valence-electron chi connectivity index (χ2n) is 2.28. The van der Waals surface area contributed by atoms with Gasteiger partial charge >= 0.3 is 0 Å². The normalized spacial score (nSPS) is 10.2. The lowest BCUT2D eigenvalue weighted by Gasteiger charge is -2.01. The molecule has 0 amide bonds. The predicted molar refractivity (Wildman–Crippen MR) is 51.5 cm³/mol. The average molecular weight is 200 g/mol. The van der Waals surface area contributed by atoms with Gasteiger partial charge in [0.2, 0.25) is 0 Å². The topological polar surface area (TPSA) is 38.7 Å². The van der Waals surface area contributed by atoms with Gasteiger partial charge in [0.1, 0.15) is 11.7 Å². The molecule has 0 aliphatic carbocycles. The highest BCUT2D eigenvalue weighted by Crippen LogP contribution is 2.20. The van der Waals surface area contributed by atoms with Crippen LogP contribution in [0.1, 0.15) is 6.92 Å². The molecule has 0 saturated carbocycles. The number of rotatable bonds is 5. The van der Waals surface area contributed by atoms with Crippen molar-refractivity contribution in [3.8, 4) is 5.75 Å². The number of benzene rings is 1. The van der Waals surface area contributed by atoms with Gasteiger partial charge in [-0.05, 0) is 31.2 Å². The van der Waals surface area contributed by atoms with Crippen molar-refractivity contribution in [1.82, 2.24) is 0 Å². The molecule has 0 atom stereocenters. The van der Waals surface area contributed by atoms with Gasteiger partial charge in [0, 0.05) is 4.90 Å². The van der Waals surface area contributed by atoms with Gasteiger partial charge in [-0.25, -0.2) is 9.78 Å². The largest absolute Gasteiger partial charge is 0.508 e. The van der Waals surface area contributed by atoms with Gasteiger partial charge in [-0.15, -0.1) is 0 Å². The van der Waals surface area contributed by atoms with E-state index in [1.807, 2.05) is 19.1 Å². The molecule has 1 aromatic carbocycles. The summed E-state index contributed by atoms with van der Waals surface area (Å²) in [6, 6.07) is 6.94. The smallest absolute Gasteiger partial charge is 0.132 e. The SMILES string of the molecule is CCOOCSc1ccc(O)cc1. The molecule has 0 spiro atoms. The highest BCUT2D eigenvalue weighted by atomic mass is 32.2. The van der Waals surface area contributed by atoms with E-state index in [0.717, 1.165) is 4.90 Å². The number of phenolic OH excluding ortho intramolecular Hbond substituents is 1. The Balaban J connectivity index is 2.25. The minimum absolute atomic E-state index is 0.273. The van der Waals surface area contributed by atoms with E-state index in [9.17, 15) is 0 Å². The fraction of sp³-hybridized carbons (Fsp3) is 0.333. The molecule has 0 radical (unpaired) electrons.